The van der Waals surface area contributed by atoms with Crippen LogP contribution in [-0.4, -0.2) is 30.6 Å². The van der Waals surface area contributed by atoms with E-state index in [-0.39, 0.29) is 11.9 Å². The van der Waals surface area contributed by atoms with E-state index < -0.39 is 0 Å². The Kier molecular flexibility index (Phi) is 4.12. The van der Waals surface area contributed by atoms with Crippen LogP contribution in [0.2, 0.25) is 0 Å². The van der Waals surface area contributed by atoms with Crippen molar-refractivity contribution in [1.82, 2.24) is 4.90 Å². The Labute approximate surface area is 148 Å². The van der Waals surface area contributed by atoms with Gasteiger partial charge in [-0.25, -0.2) is 0 Å². The van der Waals surface area contributed by atoms with E-state index in [0.717, 1.165) is 47.6 Å². The van der Waals surface area contributed by atoms with Crippen LogP contribution in [0.5, 0.6) is 11.5 Å². The van der Waals surface area contributed by atoms with Crippen LogP contribution < -0.4 is 9.47 Å². The fourth-order valence-corrected chi connectivity index (χ4v) is 3.66. The van der Waals surface area contributed by atoms with E-state index in [2.05, 4.69) is 13.0 Å². The molecule has 1 amide bonds. The van der Waals surface area contributed by atoms with E-state index >= 15 is 0 Å². The van der Waals surface area contributed by atoms with Crippen molar-refractivity contribution < 1.29 is 14.3 Å². The SMILES string of the molecule is Cc1ccc(C(=O)N2CCC[C@@H]2c2ccc3c(c2)OCCO3)cc1C. The van der Waals surface area contributed by atoms with E-state index in [0.29, 0.717) is 13.2 Å². The summed E-state index contributed by atoms with van der Waals surface area (Å²) in [6, 6.07) is 12.1. The summed E-state index contributed by atoms with van der Waals surface area (Å²) in [4.78, 5) is 15.0. The van der Waals surface area contributed by atoms with Crippen LogP contribution in [0, 0.1) is 13.8 Å². The van der Waals surface area contributed by atoms with Gasteiger partial charge in [0, 0.05) is 12.1 Å². The van der Waals surface area contributed by atoms with E-state index in [9.17, 15) is 4.79 Å². The number of likely N-dealkylation sites (tertiary alicyclic amines) is 1. The maximum Gasteiger partial charge on any atom is 0.254 e. The smallest absolute Gasteiger partial charge is 0.254 e. The van der Waals surface area contributed by atoms with E-state index in [4.69, 9.17) is 9.47 Å². The first-order valence-electron chi connectivity index (χ1n) is 8.91. The molecular weight excluding hydrogens is 314 g/mol. The van der Waals surface area contributed by atoms with Gasteiger partial charge in [-0.2, -0.15) is 0 Å². The monoisotopic (exact) mass is 337 g/mol. The van der Waals surface area contributed by atoms with Crippen LogP contribution in [0.1, 0.15) is 45.9 Å². The number of hydrogen-bond donors (Lipinski definition) is 0. The highest BCUT2D eigenvalue weighted by Crippen LogP contribution is 2.38. The predicted octanol–water partition coefficient (Wildman–Crippen LogP) is 4.05. The molecule has 1 fully saturated rings. The summed E-state index contributed by atoms with van der Waals surface area (Å²) < 4.78 is 11.3. The molecule has 4 rings (SSSR count). The average molecular weight is 337 g/mol. The zero-order valence-electron chi connectivity index (χ0n) is 14.7. The third-order valence-electron chi connectivity index (χ3n) is 5.22. The highest BCUT2D eigenvalue weighted by Gasteiger charge is 2.31. The zero-order valence-corrected chi connectivity index (χ0v) is 14.7. The first-order valence-corrected chi connectivity index (χ1v) is 8.91. The van der Waals surface area contributed by atoms with Gasteiger partial charge in [0.2, 0.25) is 0 Å². The molecular formula is C21H23NO3. The number of benzene rings is 2. The fraction of sp³-hybridized carbons (Fsp3) is 0.381. The number of ether oxygens (including phenoxy) is 2. The molecule has 2 aromatic rings. The molecule has 0 spiro atoms. The molecule has 4 heteroatoms. The van der Waals surface area contributed by atoms with Gasteiger partial charge in [0.05, 0.1) is 6.04 Å². The lowest BCUT2D eigenvalue weighted by Crippen LogP contribution is -2.30. The summed E-state index contributed by atoms with van der Waals surface area (Å²) in [5, 5.41) is 0. The molecule has 0 unspecified atom stereocenters. The molecule has 1 atom stereocenters. The molecule has 2 aliphatic heterocycles. The van der Waals surface area contributed by atoms with Crippen LogP contribution in [0.4, 0.5) is 0 Å². The Morgan fingerprint density at radius 3 is 2.60 bits per heavy atom. The molecule has 0 saturated carbocycles. The van der Waals surface area contributed by atoms with Gasteiger partial charge >= 0.3 is 0 Å². The van der Waals surface area contributed by atoms with Crippen LogP contribution in [0.15, 0.2) is 36.4 Å². The number of rotatable bonds is 2. The largest absolute Gasteiger partial charge is 0.486 e. The normalized spacial score (nSPS) is 19.1. The zero-order chi connectivity index (χ0) is 17.4. The highest BCUT2D eigenvalue weighted by atomic mass is 16.6. The molecule has 25 heavy (non-hydrogen) atoms. The highest BCUT2D eigenvalue weighted by molar-refractivity contribution is 5.95. The lowest BCUT2D eigenvalue weighted by atomic mass is 10.0. The topological polar surface area (TPSA) is 38.8 Å². The van der Waals surface area contributed by atoms with Crippen LogP contribution >= 0.6 is 0 Å². The molecule has 4 nitrogen and oxygen atoms in total. The molecule has 130 valence electrons. The Balaban J connectivity index is 1.61. The predicted molar refractivity (Wildman–Crippen MR) is 96.4 cm³/mol. The van der Waals surface area contributed by atoms with Crippen LogP contribution in [-0.2, 0) is 0 Å². The lowest BCUT2D eigenvalue weighted by Gasteiger charge is -2.27. The van der Waals surface area contributed by atoms with E-state index in [1.807, 2.05) is 42.2 Å². The van der Waals surface area contributed by atoms with Crippen molar-refractivity contribution in [1.29, 1.82) is 0 Å². The van der Waals surface area contributed by atoms with Gasteiger partial charge in [-0.1, -0.05) is 12.1 Å². The number of carbonyl (C=O) groups is 1. The summed E-state index contributed by atoms with van der Waals surface area (Å²) in [7, 11) is 0. The van der Waals surface area contributed by atoms with E-state index in [1.165, 1.54) is 5.56 Å². The molecule has 0 radical (unpaired) electrons. The minimum Gasteiger partial charge on any atom is -0.486 e. The number of amides is 1. The van der Waals surface area contributed by atoms with E-state index in [1.54, 1.807) is 0 Å². The van der Waals surface area contributed by atoms with Gasteiger partial charge in [-0.3, -0.25) is 4.79 Å². The summed E-state index contributed by atoms with van der Waals surface area (Å²) in [6.07, 6.45) is 2.01. The Hall–Kier alpha value is -2.49. The van der Waals surface area contributed by atoms with Crippen molar-refractivity contribution in [3.05, 3.63) is 58.7 Å². The van der Waals surface area contributed by atoms with Crippen LogP contribution in [0.25, 0.3) is 0 Å². The molecule has 0 aliphatic carbocycles. The molecule has 0 aromatic heterocycles. The summed E-state index contributed by atoms with van der Waals surface area (Å²) in [5.74, 6) is 1.69. The van der Waals surface area contributed by atoms with Gasteiger partial charge in [-0.15, -0.1) is 0 Å². The Morgan fingerprint density at radius 2 is 1.80 bits per heavy atom. The van der Waals surface area contributed by atoms with Gasteiger partial charge < -0.3 is 14.4 Å². The van der Waals surface area contributed by atoms with Crippen molar-refractivity contribution in [2.75, 3.05) is 19.8 Å². The molecule has 0 bridgehead atoms. The molecule has 0 N–H and O–H groups in total. The number of aryl methyl sites for hydroxylation is 2. The first-order chi connectivity index (χ1) is 12.1. The number of fused-ring (bicyclic) bond motifs is 1. The van der Waals surface area contributed by atoms with Crippen molar-refractivity contribution in [3.8, 4) is 11.5 Å². The van der Waals surface area contributed by atoms with Crippen molar-refractivity contribution >= 4 is 5.91 Å². The maximum absolute atomic E-state index is 13.1. The summed E-state index contributed by atoms with van der Waals surface area (Å²) >= 11 is 0. The van der Waals surface area contributed by atoms with Gasteiger partial charge in [-0.05, 0) is 67.6 Å². The van der Waals surface area contributed by atoms with Crippen molar-refractivity contribution in [2.45, 2.75) is 32.7 Å². The third-order valence-corrected chi connectivity index (χ3v) is 5.22. The van der Waals surface area contributed by atoms with Gasteiger partial charge in [0.25, 0.3) is 5.91 Å². The second-order valence-electron chi connectivity index (χ2n) is 6.86. The molecule has 2 aromatic carbocycles. The number of carbonyl (C=O) groups excluding carboxylic acids is 1. The molecule has 2 heterocycles. The molecule has 1 saturated heterocycles. The Morgan fingerprint density at radius 1 is 1.00 bits per heavy atom. The second-order valence-corrected chi connectivity index (χ2v) is 6.86. The van der Waals surface area contributed by atoms with Crippen LogP contribution in [0.3, 0.4) is 0 Å². The average Bonchev–Trinajstić information content (AvgIpc) is 3.12. The van der Waals surface area contributed by atoms with Crippen molar-refractivity contribution in [2.24, 2.45) is 0 Å². The summed E-state index contributed by atoms with van der Waals surface area (Å²) in [6.45, 7) is 6.08. The fourth-order valence-electron chi connectivity index (χ4n) is 3.66. The summed E-state index contributed by atoms with van der Waals surface area (Å²) in [5.41, 5.74) is 4.26. The van der Waals surface area contributed by atoms with Gasteiger partial charge in [0.1, 0.15) is 13.2 Å². The number of nitrogens with zero attached hydrogens (tertiary/aromatic N) is 1. The first kappa shape index (κ1) is 16.0. The molecule has 2 aliphatic rings. The quantitative estimate of drug-likeness (QED) is 0.830. The minimum atomic E-state index is 0.102. The van der Waals surface area contributed by atoms with Crippen molar-refractivity contribution in [3.63, 3.8) is 0 Å². The Bertz CT molecular complexity index is 815. The van der Waals surface area contributed by atoms with Gasteiger partial charge in [0.15, 0.2) is 11.5 Å². The standard InChI is InChI=1S/C21H23NO3/c1-14-5-6-17(12-15(14)2)21(23)22-9-3-4-18(22)16-7-8-19-20(13-16)25-11-10-24-19/h5-8,12-13,18H,3-4,9-11H2,1-2H3/t18-/m1/s1. The third kappa shape index (κ3) is 2.97. The lowest BCUT2D eigenvalue weighted by molar-refractivity contribution is 0.0735. The number of hydrogen-bond acceptors (Lipinski definition) is 3. The second kappa shape index (κ2) is 6.43. The maximum atomic E-state index is 13.1. The minimum absolute atomic E-state index is 0.102.